The van der Waals surface area contributed by atoms with Crippen molar-refractivity contribution < 1.29 is 29.4 Å². The van der Waals surface area contributed by atoms with E-state index in [1.54, 1.807) is 38.1 Å². The number of carbonyl (C=O) groups excluding carboxylic acids is 1. The number of aliphatic hydroxyl groups excluding tert-OH is 2. The van der Waals surface area contributed by atoms with Gasteiger partial charge in [-0.1, -0.05) is 12.1 Å². The summed E-state index contributed by atoms with van der Waals surface area (Å²) in [6, 6.07) is 9.27. The quantitative estimate of drug-likeness (QED) is 0.517. The van der Waals surface area contributed by atoms with E-state index in [0.29, 0.717) is 11.3 Å². The van der Waals surface area contributed by atoms with Gasteiger partial charge in [-0.2, -0.15) is 0 Å². The monoisotopic (exact) mass is 402 g/mol. The normalized spacial score (nSPS) is 19.6. The number of ether oxygens (including phenoxy) is 2. The molecule has 2 atom stereocenters. The summed E-state index contributed by atoms with van der Waals surface area (Å²) < 4.78 is 10.7. The van der Waals surface area contributed by atoms with E-state index in [2.05, 4.69) is 5.32 Å². The smallest absolute Gasteiger partial charge is 0.296 e. The molecule has 9 nitrogen and oxygen atoms in total. The lowest BCUT2D eigenvalue weighted by Gasteiger charge is -2.40. The van der Waals surface area contributed by atoms with Crippen molar-refractivity contribution in [2.24, 2.45) is 0 Å². The Labute approximate surface area is 167 Å². The number of nitrogens with zero attached hydrogens (tertiary/aromatic N) is 1. The molecule has 0 bridgehead atoms. The van der Waals surface area contributed by atoms with Gasteiger partial charge in [0.05, 0.1) is 24.5 Å². The first kappa shape index (κ1) is 20.6. The number of carbonyl (C=O) groups is 1. The van der Waals surface area contributed by atoms with Crippen molar-refractivity contribution in [1.29, 1.82) is 0 Å². The molecule has 1 aliphatic heterocycles. The average molecular weight is 402 g/mol. The number of aliphatic hydroxyl groups is 2. The summed E-state index contributed by atoms with van der Waals surface area (Å²) in [5.74, 6) is 0.271. The topological polar surface area (TPSA) is 131 Å². The fourth-order valence-corrected chi connectivity index (χ4v) is 3.17. The molecule has 0 fully saturated rings. The van der Waals surface area contributed by atoms with Crippen molar-refractivity contribution in [2.75, 3.05) is 12.4 Å². The Morgan fingerprint density at radius 1 is 1.28 bits per heavy atom. The third kappa shape index (κ3) is 4.15. The Hall–Kier alpha value is -3.17. The number of methoxy groups -OCH3 is 1. The molecule has 3 rings (SSSR count). The van der Waals surface area contributed by atoms with Crippen LogP contribution in [0.3, 0.4) is 0 Å². The lowest BCUT2D eigenvalue weighted by molar-refractivity contribution is -0.384. The van der Waals surface area contributed by atoms with Gasteiger partial charge in [0, 0.05) is 5.56 Å². The SMILES string of the molecule is COc1ccc(CC(=O)Nc2cc3c(cc2[N+](=O)[O-])OC(C)(C)C(O)[C@H]3O)cc1. The molecule has 0 spiro atoms. The van der Waals surface area contributed by atoms with Crippen molar-refractivity contribution in [3.05, 3.63) is 57.6 Å². The molecular weight excluding hydrogens is 380 g/mol. The zero-order chi connectivity index (χ0) is 21.3. The van der Waals surface area contributed by atoms with Crippen LogP contribution in [0.15, 0.2) is 36.4 Å². The van der Waals surface area contributed by atoms with Gasteiger partial charge in [0.25, 0.3) is 5.69 Å². The number of hydrogen-bond donors (Lipinski definition) is 3. The highest BCUT2D eigenvalue weighted by Crippen LogP contribution is 2.44. The zero-order valence-corrected chi connectivity index (χ0v) is 16.2. The van der Waals surface area contributed by atoms with E-state index in [4.69, 9.17) is 9.47 Å². The van der Waals surface area contributed by atoms with E-state index in [1.165, 1.54) is 13.2 Å². The van der Waals surface area contributed by atoms with Crippen LogP contribution in [-0.2, 0) is 11.2 Å². The Morgan fingerprint density at radius 2 is 1.93 bits per heavy atom. The molecule has 2 aromatic rings. The van der Waals surface area contributed by atoms with E-state index in [-0.39, 0.29) is 29.1 Å². The molecular formula is C20H22N2O7. The molecule has 1 unspecified atom stereocenters. The molecule has 1 heterocycles. The molecule has 154 valence electrons. The molecule has 2 aromatic carbocycles. The maximum atomic E-state index is 12.4. The summed E-state index contributed by atoms with van der Waals surface area (Å²) in [7, 11) is 1.53. The number of amides is 1. The van der Waals surface area contributed by atoms with Gasteiger partial charge in [0.2, 0.25) is 5.91 Å². The fourth-order valence-electron chi connectivity index (χ4n) is 3.17. The number of nitro groups is 1. The Kier molecular flexibility index (Phi) is 5.45. The molecule has 0 radical (unpaired) electrons. The maximum absolute atomic E-state index is 12.4. The molecule has 3 N–H and O–H groups in total. The number of hydrogen-bond acceptors (Lipinski definition) is 7. The minimum atomic E-state index is -1.31. The highest BCUT2D eigenvalue weighted by Gasteiger charge is 2.43. The Balaban J connectivity index is 1.88. The van der Waals surface area contributed by atoms with Crippen LogP contribution in [0.4, 0.5) is 11.4 Å². The largest absolute Gasteiger partial charge is 0.497 e. The second-order valence-corrected chi connectivity index (χ2v) is 7.33. The molecule has 29 heavy (non-hydrogen) atoms. The second kappa shape index (κ2) is 7.69. The predicted molar refractivity (Wildman–Crippen MR) is 104 cm³/mol. The number of benzene rings is 2. The minimum absolute atomic E-state index is 0.00700. The zero-order valence-electron chi connectivity index (χ0n) is 16.2. The molecule has 0 saturated heterocycles. The van der Waals surface area contributed by atoms with Crippen molar-refractivity contribution in [1.82, 2.24) is 0 Å². The van der Waals surface area contributed by atoms with E-state index in [0.717, 1.165) is 6.07 Å². The number of rotatable bonds is 5. The lowest BCUT2D eigenvalue weighted by Crippen LogP contribution is -2.48. The van der Waals surface area contributed by atoms with Crippen LogP contribution in [0.5, 0.6) is 11.5 Å². The molecule has 1 aliphatic rings. The fraction of sp³-hybridized carbons (Fsp3) is 0.350. The van der Waals surface area contributed by atoms with Gasteiger partial charge < -0.3 is 25.0 Å². The van der Waals surface area contributed by atoms with Crippen molar-refractivity contribution in [3.63, 3.8) is 0 Å². The molecule has 9 heteroatoms. The maximum Gasteiger partial charge on any atom is 0.296 e. The summed E-state index contributed by atoms with van der Waals surface area (Å²) in [4.78, 5) is 23.3. The van der Waals surface area contributed by atoms with Gasteiger partial charge in [0.1, 0.15) is 35.0 Å². The first-order chi connectivity index (χ1) is 13.6. The van der Waals surface area contributed by atoms with Gasteiger partial charge >= 0.3 is 0 Å². The van der Waals surface area contributed by atoms with E-state index >= 15 is 0 Å². The first-order valence-electron chi connectivity index (χ1n) is 8.92. The highest BCUT2D eigenvalue weighted by molar-refractivity contribution is 5.94. The predicted octanol–water partition coefficient (Wildman–Crippen LogP) is 2.35. The van der Waals surface area contributed by atoms with E-state index in [9.17, 15) is 25.1 Å². The Bertz CT molecular complexity index is 941. The van der Waals surface area contributed by atoms with Gasteiger partial charge in [-0.05, 0) is 37.6 Å². The molecule has 0 aromatic heterocycles. The van der Waals surface area contributed by atoms with Gasteiger partial charge in [-0.15, -0.1) is 0 Å². The van der Waals surface area contributed by atoms with E-state index < -0.39 is 28.6 Å². The molecule has 0 aliphatic carbocycles. The van der Waals surface area contributed by atoms with Crippen LogP contribution in [0, 0.1) is 10.1 Å². The average Bonchev–Trinajstić information content (AvgIpc) is 2.66. The summed E-state index contributed by atoms with van der Waals surface area (Å²) in [6.07, 6.45) is -2.56. The number of nitro benzene ring substituents is 1. The molecule has 0 saturated carbocycles. The third-order valence-electron chi connectivity index (χ3n) is 4.83. The molecule has 1 amide bonds. The number of fused-ring (bicyclic) bond motifs is 1. The van der Waals surface area contributed by atoms with Crippen molar-refractivity contribution in [3.8, 4) is 11.5 Å². The number of nitrogens with one attached hydrogen (secondary N) is 1. The van der Waals surface area contributed by atoms with Crippen LogP contribution in [0.1, 0.15) is 31.1 Å². The lowest BCUT2D eigenvalue weighted by atomic mass is 9.88. The third-order valence-corrected chi connectivity index (χ3v) is 4.83. The Morgan fingerprint density at radius 3 is 2.52 bits per heavy atom. The van der Waals surface area contributed by atoms with Gasteiger partial charge in [-0.25, -0.2) is 0 Å². The van der Waals surface area contributed by atoms with Crippen molar-refractivity contribution >= 4 is 17.3 Å². The van der Waals surface area contributed by atoms with Gasteiger partial charge in [0.15, 0.2) is 0 Å². The second-order valence-electron chi connectivity index (χ2n) is 7.33. The van der Waals surface area contributed by atoms with Crippen molar-refractivity contribution in [2.45, 2.75) is 38.1 Å². The summed E-state index contributed by atoms with van der Waals surface area (Å²) in [5, 5.41) is 34.7. The highest BCUT2D eigenvalue weighted by atomic mass is 16.6. The van der Waals surface area contributed by atoms with E-state index in [1.807, 2.05) is 0 Å². The van der Waals surface area contributed by atoms with Crippen LogP contribution in [0.25, 0.3) is 0 Å². The van der Waals surface area contributed by atoms with Crippen LogP contribution in [-0.4, -0.2) is 39.9 Å². The standard InChI is InChI=1S/C20H22N2O7/c1-20(2)19(25)18(24)13-9-14(15(22(26)27)10-16(13)29-20)21-17(23)8-11-4-6-12(28-3)7-5-11/h4-7,9-10,18-19,24-25H,8H2,1-3H3,(H,21,23)/t18-,19?/m0/s1. The summed E-state index contributed by atoms with van der Waals surface area (Å²) in [5.41, 5.74) is -0.709. The summed E-state index contributed by atoms with van der Waals surface area (Å²) >= 11 is 0. The minimum Gasteiger partial charge on any atom is -0.497 e. The van der Waals surface area contributed by atoms with Crippen LogP contribution >= 0.6 is 0 Å². The number of anilines is 1. The summed E-state index contributed by atoms with van der Waals surface area (Å²) in [6.45, 7) is 3.14. The van der Waals surface area contributed by atoms with Gasteiger partial charge in [-0.3, -0.25) is 14.9 Å². The van der Waals surface area contributed by atoms with Crippen LogP contribution in [0.2, 0.25) is 0 Å². The first-order valence-corrected chi connectivity index (χ1v) is 8.92. The van der Waals surface area contributed by atoms with Crippen LogP contribution < -0.4 is 14.8 Å².